The first-order chi connectivity index (χ1) is 11.5. The van der Waals surface area contributed by atoms with Crippen LogP contribution in [-0.2, 0) is 9.53 Å². The first-order valence-corrected chi connectivity index (χ1v) is 8.61. The van der Waals surface area contributed by atoms with Crippen molar-refractivity contribution in [1.29, 1.82) is 0 Å². The van der Waals surface area contributed by atoms with Crippen LogP contribution in [0.15, 0.2) is 35.6 Å². The van der Waals surface area contributed by atoms with E-state index in [0.717, 1.165) is 6.42 Å². The SMILES string of the molecule is CC[C@H](C)[C@@H](O)[C@](C)(O)/C=C/C1=CC2=CC(=O)[C@@](C)(O)[C@H](O)[C@@H]2CO1. The molecule has 0 aromatic rings. The Kier molecular flexibility index (Phi) is 5.59. The van der Waals surface area contributed by atoms with Gasteiger partial charge >= 0.3 is 0 Å². The highest BCUT2D eigenvalue weighted by Gasteiger charge is 2.47. The minimum Gasteiger partial charge on any atom is -0.493 e. The molecule has 1 heterocycles. The van der Waals surface area contributed by atoms with Crippen molar-refractivity contribution >= 4 is 5.78 Å². The summed E-state index contributed by atoms with van der Waals surface area (Å²) in [6.07, 6.45) is 4.51. The van der Waals surface area contributed by atoms with E-state index in [-0.39, 0.29) is 12.5 Å². The van der Waals surface area contributed by atoms with Gasteiger partial charge in [0.15, 0.2) is 11.4 Å². The lowest BCUT2D eigenvalue weighted by Crippen LogP contribution is -2.54. The molecular weight excluding hydrogens is 324 g/mol. The van der Waals surface area contributed by atoms with Crippen LogP contribution in [0.1, 0.15) is 34.1 Å². The van der Waals surface area contributed by atoms with Gasteiger partial charge in [-0.2, -0.15) is 0 Å². The van der Waals surface area contributed by atoms with Crippen molar-refractivity contribution in [2.45, 2.75) is 57.5 Å². The van der Waals surface area contributed by atoms with Crippen molar-refractivity contribution in [2.24, 2.45) is 11.8 Å². The third-order valence-corrected chi connectivity index (χ3v) is 5.29. The fraction of sp³-hybridized carbons (Fsp3) is 0.632. The summed E-state index contributed by atoms with van der Waals surface area (Å²) in [5, 5.41) is 40.9. The summed E-state index contributed by atoms with van der Waals surface area (Å²) >= 11 is 0. The largest absolute Gasteiger partial charge is 0.493 e. The Hall–Kier alpha value is -1.47. The number of carbonyl (C=O) groups is 1. The first kappa shape index (κ1) is 19.8. The predicted molar refractivity (Wildman–Crippen MR) is 92.5 cm³/mol. The summed E-state index contributed by atoms with van der Waals surface area (Å²) in [6.45, 7) is 6.73. The summed E-state index contributed by atoms with van der Waals surface area (Å²) in [6, 6.07) is 0. The molecule has 25 heavy (non-hydrogen) atoms. The molecule has 0 fully saturated rings. The van der Waals surface area contributed by atoms with Gasteiger partial charge < -0.3 is 25.2 Å². The molecule has 0 saturated heterocycles. The van der Waals surface area contributed by atoms with E-state index in [0.29, 0.717) is 11.3 Å². The second-order valence-corrected chi connectivity index (χ2v) is 7.45. The molecule has 0 amide bonds. The van der Waals surface area contributed by atoms with E-state index in [2.05, 4.69) is 0 Å². The molecule has 0 radical (unpaired) electrons. The zero-order valence-electron chi connectivity index (χ0n) is 15.1. The van der Waals surface area contributed by atoms with Gasteiger partial charge in [0.05, 0.1) is 18.8 Å². The Bertz CT molecular complexity index is 613. The summed E-state index contributed by atoms with van der Waals surface area (Å²) in [5.41, 5.74) is -2.66. The van der Waals surface area contributed by atoms with Crippen LogP contribution in [0.2, 0.25) is 0 Å². The lowest BCUT2D eigenvalue weighted by Gasteiger charge is -2.39. The molecule has 1 aliphatic carbocycles. The fourth-order valence-electron chi connectivity index (χ4n) is 3.10. The molecule has 140 valence electrons. The summed E-state index contributed by atoms with van der Waals surface area (Å²) in [4.78, 5) is 12.0. The Morgan fingerprint density at radius 1 is 1.48 bits per heavy atom. The number of hydrogen-bond acceptors (Lipinski definition) is 6. The van der Waals surface area contributed by atoms with E-state index < -0.39 is 35.1 Å². The van der Waals surface area contributed by atoms with Crippen LogP contribution >= 0.6 is 0 Å². The number of hydrogen-bond donors (Lipinski definition) is 4. The number of aliphatic hydroxyl groups is 4. The standard InChI is InChI=1S/C19H28O6/c1-5-11(2)16(21)18(3,23)7-6-13-8-12-9-15(20)19(4,24)17(22)14(12)10-25-13/h6-9,11,14,16-17,21-24H,5,10H2,1-4H3/b7-6+/t11-,14+,16+,17+,18+,19+/m0/s1. The summed E-state index contributed by atoms with van der Waals surface area (Å²) in [7, 11) is 0. The highest BCUT2D eigenvalue weighted by Crippen LogP contribution is 2.35. The number of fused-ring (bicyclic) bond motifs is 1. The van der Waals surface area contributed by atoms with Crippen molar-refractivity contribution in [2.75, 3.05) is 6.61 Å². The third kappa shape index (κ3) is 3.87. The minimum atomic E-state index is -1.82. The molecule has 0 unspecified atom stereocenters. The minimum absolute atomic E-state index is 0.0682. The van der Waals surface area contributed by atoms with Crippen LogP contribution in [0.25, 0.3) is 0 Å². The Morgan fingerprint density at radius 3 is 2.72 bits per heavy atom. The van der Waals surface area contributed by atoms with Crippen LogP contribution in [0.3, 0.4) is 0 Å². The first-order valence-electron chi connectivity index (χ1n) is 8.61. The summed E-state index contributed by atoms with van der Waals surface area (Å²) < 4.78 is 5.57. The van der Waals surface area contributed by atoms with Gasteiger partial charge in [-0.05, 0) is 49.6 Å². The second kappa shape index (κ2) is 7.03. The van der Waals surface area contributed by atoms with Gasteiger partial charge in [-0.3, -0.25) is 4.79 Å². The molecule has 2 rings (SSSR count). The average molecular weight is 352 g/mol. The number of ketones is 1. The van der Waals surface area contributed by atoms with E-state index in [9.17, 15) is 25.2 Å². The van der Waals surface area contributed by atoms with Crippen molar-refractivity contribution in [1.82, 2.24) is 0 Å². The van der Waals surface area contributed by atoms with E-state index in [1.54, 1.807) is 12.2 Å². The highest BCUT2D eigenvalue weighted by atomic mass is 16.5. The molecule has 0 bridgehead atoms. The third-order valence-electron chi connectivity index (χ3n) is 5.29. The molecular formula is C19H28O6. The molecule has 6 atom stereocenters. The second-order valence-electron chi connectivity index (χ2n) is 7.45. The van der Waals surface area contributed by atoms with E-state index >= 15 is 0 Å². The fourth-order valence-corrected chi connectivity index (χ4v) is 3.10. The molecule has 2 aliphatic rings. The monoisotopic (exact) mass is 352 g/mol. The predicted octanol–water partition coefficient (Wildman–Crippen LogP) is 0.852. The maximum absolute atomic E-state index is 12.0. The van der Waals surface area contributed by atoms with Crippen LogP contribution in [-0.4, -0.2) is 56.2 Å². The molecule has 0 aromatic carbocycles. The molecule has 6 heteroatoms. The molecule has 1 aliphatic heterocycles. The van der Waals surface area contributed by atoms with Gasteiger partial charge in [0.1, 0.15) is 11.4 Å². The van der Waals surface area contributed by atoms with Crippen LogP contribution in [0.5, 0.6) is 0 Å². The lowest BCUT2D eigenvalue weighted by atomic mass is 9.75. The molecule has 0 aromatic heterocycles. The number of carbonyl (C=O) groups excluding carboxylic acids is 1. The maximum atomic E-state index is 12.0. The smallest absolute Gasteiger partial charge is 0.189 e. The van der Waals surface area contributed by atoms with E-state index in [1.165, 1.54) is 26.0 Å². The van der Waals surface area contributed by atoms with Crippen LogP contribution in [0.4, 0.5) is 0 Å². The van der Waals surface area contributed by atoms with Crippen molar-refractivity contribution < 1.29 is 30.0 Å². The Morgan fingerprint density at radius 2 is 2.12 bits per heavy atom. The quantitative estimate of drug-likeness (QED) is 0.584. The zero-order chi connectivity index (χ0) is 19.0. The van der Waals surface area contributed by atoms with Gasteiger partial charge in [0, 0.05) is 5.92 Å². The molecule has 0 saturated carbocycles. The number of aliphatic hydroxyl groups excluding tert-OH is 2. The van der Waals surface area contributed by atoms with Crippen molar-refractivity contribution in [3.8, 4) is 0 Å². The van der Waals surface area contributed by atoms with E-state index in [1.807, 2.05) is 13.8 Å². The maximum Gasteiger partial charge on any atom is 0.189 e. The lowest BCUT2D eigenvalue weighted by molar-refractivity contribution is -0.150. The Labute approximate surface area is 148 Å². The Balaban J connectivity index is 2.21. The molecule has 6 nitrogen and oxygen atoms in total. The van der Waals surface area contributed by atoms with Gasteiger partial charge in [-0.1, -0.05) is 20.3 Å². The van der Waals surface area contributed by atoms with Crippen LogP contribution < -0.4 is 0 Å². The number of allylic oxidation sites excluding steroid dienone is 2. The van der Waals surface area contributed by atoms with Gasteiger partial charge in [0.25, 0.3) is 0 Å². The molecule has 4 N–H and O–H groups in total. The van der Waals surface area contributed by atoms with Crippen molar-refractivity contribution in [3.05, 3.63) is 35.6 Å². The zero-order valence-corrected chi connectivity index (χ0v) is 15.1. The van der Waals surface area contributed by atoms with Gasteiger partial charge in [0.2, 0.25) is 0 Å². The van der Waals surface area contributed by atoms with Crippen LogP contribution in [0, 0.1) is 11.8 Å². The summed E-state index contributed by atoms with van der Waals surface area (Å²) in [5.74, 6) is -0.690. The number of ether oxygens (including phenoxy) is 1. The molecule has 0 spiro atoms. The van der Waals surface area contributed by atoms with Gasteiger partial charge in [-0.15, -0.1) is 0 Å². The normalized spacial score (nSPS) is 34.5. The highest BCUT2D eigenvalue weighted by molar-refractivity contribution is 5.99. The van der Waals surface area contributed by atoms with Gasteiger partial charge in [-0.25, -0.2) is 0 Å². The van der Waals surface area contributed by atoms with Crippen molar-refractivity contribution in [3.63, 3.8) is 0 Å². The topological polar surface area (TPSA) is 107 Å². The van der Waals surface area contributed by atoms with E-state index in [4.69, 9.17) is 4.74 Å². The average Bonchev–Trinajstić information content (AvgIpc) is 2.57. The number of rotatable bonds is 5.